The van der Waals surface area contributed by atoms with Crippen LogP contribution in [0, 0.1) is 17.8 Å². The van der Waals surface area contributed by atoms with Gasteiger partial charge in [0.25, 0.3) is 0 Å². The molecule has 0 saturated heterocycles. The number of rotatable bonds is 3. The number of hydrogen-bond donors (Lipinski definition) is 0. The summed E-state index contributed by atoms with van der Waals surface area (Å²) in [6.07, 6.45) is 10.1. The fourth-order valence-electron chi connectivity index (χ4n) is 4.29. The zero-order valence-electron chi connectivity index (χ0n) is 12.7. The predicted molar refractivity (Wildman–Crippen MR) is 95.2 cm³/mol. The molecule has 0 spiro atoms. The van der Waals surface area contributed by atoms with Crippen molar-refractivity contribution in [1.82, 2.24) is 0 Å². The molecule has 2 saturated carbocycles. The fraction of sp³-hybridized carbons (Fsp3) is 0.667. The Kier molecular flexibility index (Phi) is 5.32. The molecule has 0 amide bonds. The van der Waals surface area contributed by atoms with Crippen LogP contribution in [0.15, 0.2) is 22.7 Å². The van der Waals surface area contributed by atoms with Crippen LogP contribution in [0.5, 0.6) is 5.75 Å². The highest BCUT2D eigenvalue weighted by molar-refractivity contribution is 9.11. The fourth-order valence-corrected chi connectivity index (χ4v) is 6.08. The number of fused-ring (bicyclic) bond motifs is 1. The molecule has 1 aromatic rings. The van der Waals surface area contributed by atoms with Crippen molar-refractivity contribution in [2.24, 2.45) is 17.8 Å². The van der Waals surface area contributed by atoms with E-state index in [1.54, 1.807) is 7.11 Å². The number of benzene rings is 1. The molecular weight excluding hydrogens is 392 g/mol. The summed E-state index contributed by atoms with van der Waals surface area (Å²) in [4.78, 5) is 0.459. The molecule has 0 aliphatic heterocycles. The second kappa shape index (κ2) is 7.04. The summed E-state index contributed by atoms with van der Waals surface area (Å²) in [6.45, 7) is 0. The van der Waals surface area contributed by atoms with Crippen LogP contribution in [0.1, 0.15) is 55.3 Å². The largest absolute Gasteiger partial charge is 0.497 e. The molecule has 3 rings (SSSR count). The van der Waals surface area contributed by atoms with Gasteiger partial charge in [0.05, 0.1) is 7.11 Å². The van der Waals surface area contributed by atoms with Gasteiger partial charge in [-0.05, 0) is 54.7 Å². The van der Waals surface area contributed by atoms with Gasteiger partial charge in [0.2, 0.25) is 0 Å². The van der Waals surface area contributed by atoms with Crippen molar-refractivity contribution in [2.75, 3.05) is 7.11 Å². The third kappa shape index (κ3) is 3.50. The highest BCUT2D eigenvalue weighted by atomic mass is 79.9. The van der Waals surface area contributed by atoms with Crippen LogP contribution < -0.4 is 4.74 Å². The molecule has 2 aliphatic rings. The maximum absolute atomic E-state index is 5.30. The Morgan fingerprint density at radius 1 is 1.10 bits per heavy atom. The Morgan fingerprint density at radius 2 is 1.86 bits per heavy atom. The highest BCUT2D eigenvalue weighted by Crippen LogP contribution is 2.49. The lowest BCUT2D eigenvalue weighted by Gasteiger charge is -2.41. The molecule has 3 heteroatoms. The van der Waals surface area contributed by atoms with Crippen molar-refractivity contribution in [1.29, 1.82) is 0 Å². The molecule has 0 radical (unpaired) electrons. The molecular formula is C18H24Br2O. The summed E-state index contributed by atoms with van der Waals surface area (Å²) in [5.74, 6) is 3.69. The number of alkyl halides is 1. The molecule has 0 N–H and O–H groups in total. The van der Waals surface area contributed by atoms with Gasteiger partial charge in [0, 0.05) is 9.30 Å². The number of halogens is 2. The predicted octanol–water partition coefficient (Wildman–Crippen LogP) is 6.50. The summed E-state index contributed by atoms with van der Waals surface area (Å²) in [5, 5.41) is 0. The van der Waals surface area contributed by atoms with Crippen LogP contribution in [0.3, 0.4) is 0 Å². The van der Waals surface area contributed by atoms with Crippen LogP contribution in [0.2, 0.25) is 0 Å². The molecule has 0 aromatic heterocycles. The lowest BCUT2D eigenvalue weighted by atomic mass is 9.66. The van der Waals surface area contributed by atoms with E-state index in [9.17, 15) is 0 Å². The van der Waals surface area contributed by atoms with Gasteiger partial charge in [0.15, 0.2) is 0 Å². The smallest absolute Gasteiger partial charge is 0.120 e. The Bertz CT molecular complexity index is 488. The molecule has 116 valence electrons. The van der Waals surface area contributed by atoms with Gasteiger partial charge < -0.3 is 4.74 Å². The third-order valence-electron chi connectivity index (χ3n) is 5.50. The molecule has 1 nitrogen and oxygen atoms in total. The minimum atomic E-state index is 0.459. The van der Waals surface area contributed by atoms with E-state index in [1.807, 2.05) is 0 Å². The van der Waals surface area contributed by atoms with E-state index in [0.717, 1.165) is 28.0 Å². The maximum atomic E-state index is 5.30. The van der Waals surface area contributed by atoms with Gasteiger partial charge in [-0.15, -0.1) is 0 Å². The van der Waals surface area contributed by atoms with Gasteiger partial charge in [-0.1, -0.05) is 63.6 Å². The van der Waals surface area contributed by atoms with Crippen LogP contribution in [-0.4, -0.2) is 7.11 Å². The molecule has 1 aromatic carbocycles. The minimum absolute atomic E-state index is 0.459. The topological polar surface area (TPSA) is 9.23 Å². The lowest BCUT2D eigenvalue weighted by molar-refractivity contribution is 0.129. The molecule has 0 heterocycles. The van der Waals surface area contributed by atoms with Crippen molar-refractivity contribution < 1.29 is 4.74 Å². The Balaban J connectivity index is 1.71. The van der Waals surface area contributed by atoms with Crippen molar-refractivity contribution >= 4 is 31.9 Å². The third-order valence-corrected chi connectivity index (χ3v) is 7.43. The molecule has 4 unspecified atom stereocenters. The van der Waals surface area contributed by atoms with E-state index in [1.165, 1.54) is 50.5 Å². The molecule has 2 fully saturated rings. The van der Waals surface area contributed by atoms with Gasteiger partial charge in [-0.2, -0.15) is 0 Å². The van der Waals surface area contributed by atoms with Crippen LogP contribution in [0.25, 0.3) is 0 Å². The zero-order chi connectivity index (χ0) is 14.8. The minimum Gasteiger partial charge on any atom is -0.497 e. The van der Waals surface area contributed by atoms with Gasteiger partial charge >= 0.3 is 0 Å². The van der Waals surface area contributed by atoms with E-state index in [4.69, 9.17) is 4.74 Å². The van der Waals surface area contributed by atoms with E-state index >= 15 is 0 Å². The molecule has 0 bridgehead atoms. The van der Waals surface area contributed by atoms with Crippen molar-refractivity contribution in [3.8, 4) is 5.75 Å². The van der Waals surface area contributed by atoms with Crippen LogP contribution in [0.4, 0.5) is 0 Å². The molecule has 21 heavy (non-hydrogen) atoms. The van der Waals surface area contributed by atoms with E-state index in [2.05, 4.69) is 50.1 Å². The summed E-state index contributed by atoms with van der Waals surface area (Å²) < 4.78 is 6.46. The first-order chi connectivity index (χ1) is 10.2. The Morgan fingerprint density at radius 3 is 2.57 bits per heavy atom. The second-order valence-electron chi connectivity index (χ2n) is 6.67. The molecule has 2 aliphatic carbocycles. The maximum Gasteiger partial charge on any atom is 0.120 e. The average molecular weight is 416 g/mol. The SMILES string of the molecule is COc1ccc(C(Br)C2CCC3CCCCC3C2)c(Br)c1. The van der Waals surface area contributed by atoms with Gasteiger partial charge in [0.1, 0.15) is 5.75 Å². The van der Waals surface area contributed by atoms with Crippen molar-refractivity contribution in [2.45, 2.75) is 49.8 Å². The number of hydrogen-bond acceptors (Lipinski definition) is 1. The van der Waals surface area contributed by atoms with E-state index < -0.39 is 0 Å². The second-order valence-corrected chi connectivity index (χ2v) is 8.51. The van der Waals surface area contributed by atoms with Crippen molar-refractivity contribution in [3.05, 3.63) is 28.2 Å². The van der Waals surface area contributed by atoms with Gasteiger partial charge in [-0.25, -0.2) is 0 Å². The Hall–Kier alpha value is -0.0200. The summed E-state index contributed by atoms with van der Waals surface area (Å²) in [6, 6.07) is 6.35. The number of methoxy groups -OCH3 is 1. The lowest BCUT2D eigenvalue weighted by Crippen LogP contribution is -2.29. The standard InChI is InChI=1S/C18H24Br2O/c1-21-15-8-9-16(17(19)11-15)18(20)14-7-6-12-4-2-3-5-13(12)10-14/h8-9,11-14,18H,2-7,10H2,1H3. The van der Waals surface area contributed by atoms with E-state index in [0.29, 0.717) is 4.83 Å². The van der Waals surface area contributed by atoms with Gasteiger partial charge in [-0.3, -0.25) is 0 Å². The Labute approximate surface area is 145 Å². The van der Waals surface area contributed by atoms with Crippen LogP contribution in [-0.2, 0) is 0 Å². The quantitative estimate of drug-likeness (QED) is 0.511. The summed E-state index contributed by atoms with van der Waals surface area (Å²) in [7, 11) is 1.72. The average Bonchev–Trinajstić information content (AvgIpc) is 2.53. The first-order valence-corrected chi connectivity index (χ1v) is 9.87. The summed E-state index contributed by atoms with van der Waals surface area (Å²) >= 11 is 7.70. The summed E-state index contributed by atoms with van der Waals surface area (Å²) in [5.41, 5.74) is 1.37. The number of ether oxygens (including phenoxy) is 1. The normalized spacial score (nSPS) is 30.5. The van der Waals surface area contributed by atoms with Crippen LogP contribution >= 0.6 is 31.9 Å². The first-order valence-electron chi connectivity index (χ1n) is 8.16. The zero-order valence-corrected chi connectivity index (χ0v) is 15.8. The monoisotopic (exact) mass is 414 g/mol. The first kappa shape index (κ1) is 15.9. The van der Waals surface area contributed by atoms with Crippen molar-refractivity contribution in [3.63, 3.8) is 0 Å². The highest BCUT2D eigenvalue weighted by Gasteiger charge is 2.35. The molecule has 4 atom stereocenters. The van der Waals surface area contributed by atoms with E-state index in [-0.39, 0.29) is 0 Å².